The van der Waals surface area contributed by atoms with Crippen LogP contribution in [0, 0.1) is 5.82 Å². The minimum absolute atomic E-state index is 0.248. The van der Waals surface area contributed by atoms with Crippen molar-refractivity contribution in [3.05, 3.63) is 123 Å². The van der Waals surface area contributed by atoms with E-state index < -0.39 is 10.0 Å². The molecule has 0 amide bonds. The number of nitrogens with zero attached hydrogens (tertiary/aromatic N) is 6. The van der Waals surface area contributed by atoms with Crippen molar-refractivity contribution in [3.8, 4) is 16.9 Å². The lowest BCUT2D eigenvalue weighted by Gasteiger charge is -2.25. The summed E-state index contributed by atoms with van der Waals surface area (Å²) < 4.78 is 44.6. The number of hydrogen-bond acceptors (Lipinski definition) is 7. The van der Waals surface area contributed by atoms with Crippen LogP contribution in [0.15, 0.2) is 94.7 Å². The van der Waals surface area contributed by atoms with Gasteiger partial charge in [-0.3, -0.25) is 4.79 Å². The number of halogens is 1. The second kappa shape index (κ2) is 12.0. The van der Waals surface area contributed by atoms with Gasteiger partial charge in [0.05, 0.1) is 20.8 Å². The molecular weight excluding hydrogens is 612 g/mol. The van der Waals surface area contributed by atoms with Gasteiger partial charge in [0.1, 0.15) is 5.82 Å². The highest BCUT2D eigenvalue weighted by Crippen LogP contribution is 2.27. The van der Waals surface area contributed by atoms with Crippen molar-refractivity contribution in [1.29, 1.82) is 0 Å². The zero-order valence-corrected chi connectivity index (χ0v) is 25.6. The molecular formula is C33H27FN6O3S2. The Balaban J connectivity index is 1.25. The van der Waals surface area contributed by atoms with Crippen molar-refractivity contribution in [2.45, 2.75) is 24.2 Å². The Morgan fingerprint density at radius 1 is 0.844 bits per heavy atom. The molecule has 0 saturated carbocycles. The van der Waals surface area contributed by atoms with Crippen molar-refractivity contribution in [2.75, 3.05) is 13.1 Å². The molecule has 6 aromatic rings. The molecule has 0 radical (unpaired) electrons. The molecule has 1 saturated heterocycles. The van der Waals surface area contributed by atoms with Crippen LogP contribution < -0.4 is 10.1 Å². The molecule has 9 nitrogen and oxygen atoms in total. The van der Waals surface area contributed by atoms with E-state index in [9.17, 15) is 17.6 Å². The Bertz CT molecular complexity index is 2240. The fourth-order valence-corrected chi connectivity index (χ4v) is 7.70. The summed E-state index contributed by atoms with van der Waals surface area (Å²) in [5.74, 6) is 0.0502. The lowest BCUT2D eigenvalue weighted by atomic mass is 10.1. The van der Waals surface area contributed by atoms with Crippen LogP contribution in [0.2, 0.25) is 0 Å². The predicted molar refractivity (Wildman–Crippen MR) is 173 cm³/mol. The van der Waals surface area contributed by atoms with Crippen LogP contribution >= 0.6 is 11.3 Å². The summed E-state index contributed by atoms with van der Waals surface area (Å²) in [5.41, 5.74) is 3.31. The van der Waals surface area contributed by atoms with Crippen molar-refractivity contribution >= 4 is 44.5 Å². The van der Waals surface area contributed by atoms with Crippen molar-refractivity contribution in [3.63, 3.8) is 0 Å². The number of hydrogen-bond donors (Lipinski definition) is 0. The standard InChI is InChI=1S/C33H27FN6O3S2/c34-26-14-9-23(10-15-26)11-18-30-35-33-40(36-30)32(41)29(44-33)21-25-22-39(27-7-3-1-4-8-27)37-31(25)24-12-16-28(17-13-24)45(42,43)38-19-5-2-6-20-38/h1,3-4,7-18,21-22H,2,5-6,19-20H2/b18-11+,29-21-. The van der Waals surface area contributed by atoms with E-state index in [1.807, 2.05) is 36.5 Å². The maximum atomic E-state index is 13.4. The molecule has 0 N–H and O–H groups in total. The van der Waals surface area contributed by atoms with Crippen LogP contribution in [0.3, 0.4) is 0 Å². The molecule has 1 aliphatic heterocycles. The van der Waals surface area contributed by atoms with Gasteiger partial charge >= 0.3 is 0 Å². The second-order valence-electron chi connectivity index (χ2n) is 10.7. The summed E-state index contributed by atoms with van der Waals surface area (Å²) in [6, 6.07) is 22.4. The third-order valence-electron chi connectivity index (χ3n) is 7.62. The molecule has 1 fully saturated rings. The molecule has 3 aromatic heterocycles. The zero-order chi connectivity index (χ0) is 31.0. The van der Waals surface area contributed by atoms with E-state index in [4.69, 9.17) is 5.10 Å². The first-order chi connectivity index (χ1) is 21.8. The van der Waals surface area contributed by atoms with Crippen LogP contribution in [-0.2, 0) is 10.0 Å². The monoisotopic (exact) mass is 638 g/mol. The van der Waals surface area contributed by atoms with Crippen LogP contribution in [-0.4, -0.2) is 50.2 Å². The first kappa shape index (κ1) is 29.0. The SMILES string of the molecule is O=c1/c(=C/c2cn(-c3ccccc3)nc2-c2ccc(S(=O)(=O)N3CCCCC3)cc2)sc2nc(/C=C/c3ccc(F)cc3)nn12. The average molecular weight is 639 g/mol. The topological polar surface area (TPSA) is 102 Å². The van der Waals surface area contributed by atoms with Crippen LogP contribution in [0.4, 0.5) is 4.39 Å². The number of fused-ring (bicyclic) bond motifs is 1. The average Bonchev–Trinajstić information content (AvgIpc) is 3.76. The number of thiazole rings is 1. The lowest BCUT2D eigenvalue weighted by Crippen LogP contribution is -2.35. The molecule has 0 spiro atoms. The van der Waals surface area contributed by atoms with E-state index in [0.29, 0.717) is 45.2 Å². The maximum Gasteiger partial charge on any atom is 0.291 e. The van der Waals surface area contributed by atoms with Crippen molar-refractivity contribution < 1.29 is 12.8 Å². The maximum absolute atomic E-state index is 13.4. The van der Waals surface area contributed by atoms with E-state index in [-0.39, 0.29) is 16.3 Å². The van der Waals surface area contributed by atoms with Crippen molar-refractivity contribution in [1.82, 2.24) is 28.7 Å². The Labute approximate surface area is 262 Å². The fourth-order valence-electron chi connectivity index (χ4n) is 5.27. The number of piperidine rings is 1. The molecule has 3 aromatic carbocycles. The van der Waals surface area contributed by atoms with E-state index >= 15 is 0 Å². The van der Waals surface area contributed by atoms with Gasteiger partial charge in [-0.1, -0.05) is 66.3 Å². The van der Waals surface area contributed by atoms with Crippen molar-refractivity contribution in [2.24, 2.45) is 0 Å². The normalized spacial score (nSPS) is 15.0. The first-order valence-corrected chi connectivity index (χ1v) is 16.7. The van der Waals surface area contributed by atoms with Gasteiger partial charge in [-0.15, -0.1) is 5.10 Å². The van der Waals surface area contributed by atoms with E-state index in [0.717, 1.165) is 30.5 Å². The Hall–Kier alpha value is -4.78. The minimum atomic E-state index is -3.57. The molecule has 0 unspecified atom stereocenters. The number of rotatable bonds is 7. The molecule has 7 rings (SSSR count). The number of aromatic nitrogens is 5. The molecule has 226 valence electrons. The molecule has 0 aliphatic carbocycles. The van der Waals surface area contributed by atoms with E-state index in [1.54, 1.807) is 63.6 Å². The van der Waals surface area contributed by atoms with Crippen LogP contribution in [0.25, 0.3) is 40.1 Å². The minimum Gasteiger partial charge on any atom is -0.266 e. The molecule has 12 heteroatoms. The van der Waals surface area contributed by atoms with Gasteiger partial charge in [-0.2, -0.15) is 18.9 Å². The number of sulfonamides is 1. The molecule has 4 heterocycles. The van der Waals surface area contributed by atoms with Crippen LogP contribution in [0.5, 0.6) is 0 Å². The summed E-state index contributed by atoms with van der Waals surface area (Å²) >= 11 is 1.21. The second-order valence-corrected chi connectivity index (χ2v) is 13.6. The molecule has 45 heavy (non-hydrogen) atoms. The van der Waals surface area contributed by atoms with Crippen LogP contribution in [0.1, 0.15) is 36.2 Å². The van der Waals surface area contributed by atoms with Gasteiger partial charge < -0.3 is 0 Å². The molecule has 0 bridgehead atoms. The molecule has 0 atom stereocenters. The lowest BCUT2D eigenvalue weighted by molar-refractivity contribution is 0.346. The van der Waals surface area contributed by atoms with Gasteiger partial charge in [0, 0.05) is 30.4 Å². The predicted octanol–water partition coefficient (Wildman–Crippen LogP) is 5.04. The van der Waals surface area contributed by atoms with Gasteiger partial charge in [0.15, 0.2) is 5.82 Å². The van der Waals surface area contributed by atoms with Gasteiger partial charge in [0.2, 0.25) is 15.0 Å². The highest BCUT2D eigenvalue weighted by Gasteiger charge is 2.26. The largest absolute Gasteiger partial charge is 0.291 e. The van der Waals surface area contributed by atoms with E-state index in [2.05, 4.69) is 10.1 Å². The summed E-state index contributed by atoms with van der Waals surface area (Å²) in [6.45, 7) is 1.07. The van der Waals surface area contributed by atoms with Gasteiger partial charge in [-0.05, 0) is 67.0 Å². The Kier molecular flexibility index (Phi) is 7.70. The Morgan fingerprint density at radius 2 is 1.58 bits per heavy atom. The smallest absolute Gasteiger partial charge is 0.266 e. The van der Waals surface area contributed by atoms with E-state index in [1.165, 1.54) is 28.0 Å². The zero-order valence-electron chi connectivity index (χ0n) is 24.0. The van der Waals surface area contributed by atoms with Gasteiger partial charge in [-0.25, -0.2) is 17.5 Å². The summed E-state index contributed by atoms with van der Waals surface area (Å²) in [7, 11) is -3.57. The third-order valence-corrected chi connectivity index (χ3v) is 10.5. The highest BCUT2D eigenvalue weighted by atomic mass is 32.2. The number of para-hydroxylation sites is 1. The Morgan fingerprint density at radius 3 is 2.29 bits per heavy atom. The highest BCUT2D eigenvalue weighted by molar-refractivity contribution is 7.89. The first-order valence-electron chi connectivity index (χ1n) is 14.5. The van der Waals surface area contributed by atoms with Gasteiger partial charge in [0.25, 0.3) is 5.56 Å². The summed E-state index contributed by atoms with van der Waals surface area (Å²) in [4.78, 5) is 18.5. The summed E-state index contributed by atoms with van der Waals surface area (Å²) in [6.07, 6.45) is 9.81. The fraction of sp³-hybridized carbons (Fsp3) is 0.152. The third kappa shape index (κ3) is 5.87. The number of benzene rings is 3. The molecule has 1 aliphatic rings. The summed E-state index contributed by atoms with van der Waals surface area (Å²) in [5, 5.41) is 9.18. The quantitative estimate of drug-likeness (QED) is 0.243.